The molecule has 2 aromatic rings. The molecule has 0 bridgehead atoms. The first kappa shape index (κ1) is 12.4. The summed E-state index contributed by atoms with van der Waals surface area (Å²) in [6.07, 6.45) is 2.62. The van der Waals surface area contributed by atoms with E-state index in [0.717, 1.165) is 27.8 Å². The molecular formula is C12H12BrN3S. The summed E-state index contributed by atoms with van der Waals surface area (Å²) in [5, 5.41) is 0. The van der Waals surface area contributed by atoms with Crippen LogP contribution < -0.4 is 0 Å². The Labute approximate surface area is 113 Å². The Morgan fingerprint density at radius 2 is 2.24 bits per heavy atom. The van der Waals surface area contributed by atoms with Crippen LogP contribution in [-0.4, -0.2) is 15.0 Å². The molecule has 0 aliphatic carbocycles. The predicted molar refractivity (Wildman–Crippen MR) is 74.5 cm³/mol. The summed E-state index contributed by atoms with van der Waals surface area (Å²) < 4.78 is 1.55. The Kier molecular flexibility index (Phi) is 3.69. The van der Waals surface area contributed by atoms with E-state index in [9.17, 15) is 0 Å². The number of hydrogen-bond acceptors (Lipinski definition) is 3. The molecule has 17 heavy (non-hydrogen) atoms. The third-order valence-corrected chi connectivity index (χ3v) is 3.54. The summed E-state index contributed by atoms with van der Waals surface area (Å²) in [7, 11) is 0. The van der Waals surface area contributed by atoms with E-state index in [-0.39, 0.29) is 0 Å². The number of pyridine rings is 1. The van der Waals surface area contributed by atoms with Gasteiger partial charge in [0.15, 0.2) is 5.82 Å². The Hall–Kier alpha value is -1.07. The maximum Gasteiger partial charge on any atom is 0.158 e. The van der Waals surface area contributed by atoms with E-state index in [1.165, 1.54) is 0 Å². The molecule has 0 aliphatic heterocycles. The van der Waals surface area contributed by atoms with E-state index in [4.69, 9.17) is 12.2 Å². The van der Waals surface area contributed by atoms with Gasteiger partial charge in [-0.3, -0.25) is 4.98 Å². The van der Waals surface area contributed by atoms with Gasteiger partial charge in [-0.05, 0) is 41.4 Å². The average molecular weight is 310 g/mol. The van der Waals surface area contributed by atoms with Gasteiger partial charge in [-0.25, -0.2) is 4.98 Å². The molecule has 88 valence electrons. The zero-order valence-corrected chi connectivity index (χ0v) is 12.0. The maximum atomic E-state index is 5.30. The van der Waals surface area contributed by atoms with E-state index in [0.29, 0.717) is 10.5 Å². The van der Waals surface area contributed by atoms with Gasteiger partial charge in [-0.15, -0.1) is 0 Å². The van der Waals surface area contributed by atoms with Crippen molar-refractivity contribution in [1.82, 2.24) is 15.0 Å². The van der Waals surface area contributed by atoms with Crippen molar-refractivity contribution < 1.29 is 0 Å². The third kappa shape index (κ3) is 2.45. The van der Waals surface area contributed by atoms with Gasteiger partial charge in [-0.1, -0.05) is 19.1 Å². The van der Waals surface area contributed by atoms with Crippen molar-refractivity contribution in [3.05, 3.63) is 38.7 Å². The smallest absolute Gasteiger partial charge is 0.158 e. The number of nitrogens with zero attached hydrogens (tertiary/aromatic N) is 2. The van der Waals surface area contributed by atoms with Crippen LogP contribution in [0, 0.1) is 11.6 Å². The van der Waals surface area contributed by atoms with Crippen molar-refractivity contribution in [2.45, 2.75) is 20.3 Å². The van der Waals surface area contributed by atoms with E-state index < -0.39 is 0 Å². The quantitative estimate of drug-likeness (QED) is 0.857. The number of aryl methyl sites for hydroxylation is 1. The topological polar surface area (TPSA) is 41.6 Å². The number of nitrogens with one attached hydrogen (secondary N) is 1. The fourth-order valence-corrected chi connectivity index (χ4v) is 2.53. The van der Waals surface area contributed by atoms with Gasteiger partial charge >= 0.3 is 0 Å². The first-order chi connectivity index (χ1) is 8.13. The summed E-state index contributed by atoms with van der Waals surface area (Å²) in [6.45, 7) is 4.08. The Bertz CT molecular complexity index is 607. The van der Waals surface area contributed by atoms with Gasteiger partial charge in [0.2, 0.25) is 0 Å². The lowest BCUT2D eigenvalue weighted by Crippen LogP contribution is -2.00. The molecule has 0 radical (unpaired) electrons. The molecule has 0 saturated carbocycles. The van der Waals surface area contributed by atoms with Crippen molar-refractivity contribution in [2.75, 3.05) is 0 Å². The lowest BCUT2D eigenvalue weighted by atomic mass is 10.2. The summed E-state index contributed by atoms with van der Waals surface area (Å²) in [5.41, 5.74) is 2.93. The van der Waals surface area contributed by atoms with Crippen molar-refractivity contribution in [3.8, 4) is 11.5 Å². The number of aromatic nitrogens is 3. The van der Waals surface area contributed by atoms with E-state index in [1.807, 2.05) is 19.1 Å². The number of rotatable bonds is 2. The van der Waals surface area contributed by atoms with Crippen LogP contribution in [0.5, 0.6) is 0 Å². The van der Waals surface area contributed by atoms with E-state index >= 15 is 0 Å². The second-order valence-electron chi connectivity index (χ2n) is 3.68. The highest BCUT2D eigenvalue weighted by molar-refractivity contribution is 9.10. The molecular weight excluding hydrogens is 298 g/mol. The molecule has 0 unspecified atom stereocenters. The molecule has 3 nitrogen and oxygen atoms in total. The highest BCUT2D eigenvalue weighted by Crippen LogP contribution is 2.23. The minimum atomic E-state index is 0.649. The number of H-pyrrole nitrogens is 1. The molecule has 5 heteroatoms. The fraction of sp³-hybridized carbons (Fsp3) is 0.250. The first-order valence-corrected chi connectivity index (χ1v) is 6.54. The van der Waals surface area contributed by atoms with Crippen LogP contribution in [0.25, 0.3) is 11.5 Å². The molecule has 0 spiro atoms. The van der Waals surface area contributed by atoms with Gasteiger partial charge in [0.25, 0.3) is 0 Å². The van der Waals surface area contributed by atoms with Gasteiger partial charge in [0.1, 0.15) is 10.3 Å². The molecule has 2 heterocycles. The van der Waals surface area contributed by atoms with Crippen LogP contribution in [0.3, 0.4) is 0 Å². The Morgan fingerprint density at radius 3 is 2.82 bits per heavy atom. The molecule has 2 aromatic heterocycles. The van der Waals surface area contributed by atoms with Crippen molar-refractivity contribution >= 4 is 28.1 Å². The fourth-order valence-electron chi connectivity index (χ4n) is 1.70. The Morgan fingerprint density at radius 1 is 1.47 bits per heavy atom. The predicted octanol–water partition coefficient (Wildman–Crippen LogP) is 3.83. The van der Waals surface area contributed by atoms with Crippen molar-refractivity contribution in [2.24, 2.45) is 0 Å². The minimum Gasteiger partial charge on any atom is -0.342 e. The molecule has 0 aromatic carbocycles. The summed E-state index contributed by atoms with van der Waals surface area (Å²) in [4.78, 5) is 12.0. The SMILES string of the molecule is CCc1c(C)[nH]c(-c2ncccc2Br)nc1=S. The second-order valence-corrected chi connectivity index (χ2v) is 4.92. The molecule has 2 rings (SSSR count). The minimum absolute atomic E-state index is 0.649. The van der Waals surface area contributed by atoms with Crippen LogP contribution in [0.4, 0.5) is 0 Å². The highest BCUT2D eigenvalue weighted by atomic mass is 79.9. The zero-order chi connectivity index (χ0) is 12.4. The largest absolute Gasteiger partial charge is 0.342 e. The lowest BCUT2D eigenvalue weighted by molar-refractivity contribution is 0.982. The van der Waals surface area contributed by atoms with Crippen molar-refractivity contribution in [3.63, 3.8) is 0 Å². The monoisotopic (exact) mass is 309 g/mol. The van der Waals surface area contributed by atoms with Crippen LogP contribution in [0.15, 0.2) is 22.8 Å². The maximum absolute atomic E-state index is 5.30. The van der Waals surface area contributed by atoms with Gasteiger partial charge in [0, 0.05) is 21.9 Å². The van der Waals surface area contributed by atoms with Crippen LogP contribution in [0.2, 0.25) is 0 Å². The normalized spacial score (nSPS) is 10.5. The molecule has 1 N–H and O–H groups in total. The standard InChI is InChI=1S/C12H12BrN3S/c1-3-8-7(2)15-11(16-12(8)17)10-9(13)5-4-6-14-10/h4-6H,3H2,1-2H3,(H,15,16,17). The van der Waals surface area contributed by atoms with Crippen LogP contribution in [0.1, 0.15) is 18.2 Å². The third-order valence-electron chi connectivity index (χ3n) is 2.57. The van der Waals surface area contributed by atoms with Crippen LogP contribution >= 0.6 is 28.1 Å². The molecule has 0 amide bonds. The van der Waals surface area contributed by atoms with Crippen molar-refractivity contribution in [1.29, 1.82) is 0 Å². The van der Waals surface area contributed by atoms with Crippen LogP contribution in [-0.2, 0) is 6.42 Å². The number of hydrogen-bond donors (Lipinski definition) is 1. The summed E-state index contributed by atoms with van der Waals surface area (Å²) in [5.74, 6) is 0.706. The van der Waals surface area contributed by atoms with Gasteiger partial charge < -0.3 is 4.98 Å². The molecule has 0 fully saturated rings. The number of halogens is 1. The average Bonchev–Trinajstić information content (AvgIpc) is 2.29. The first-order valence-electron chi connectivity index (χ1n) is 5.34. The molecule has 0 aliphatic rings. The summed E-state index contributed by atoms with van der Waals surface area (Å²) >= 11 is 8.76. The second kappa shape index (κ2) is 5.06. The van der Waals surface area contributed by atoms with E-state index in [1.54, 1.807) is 6.20 Å². The number of aromatic amines is 1. The molecule has 0 atom stereocenters. The summed E-state index contributed by atoms with van der Waals surface area (Å²) in [6, 6.07) is 3.80. The lowest BCUT2D eigenvalue weighted by Gasteiger charge is -2.07. The van der Waals surface area contributed by atoms with E-state index in [2.05, 4.69) is 37.8 Å². The van der Waals surface area contributed by atoms with Gasteiger partial charge in [0.05, 0.1) is 0 Å². The van der Waals surface area contributed by atoms with Gasteiger partial charge in [-0.2, -0.15) is 0 Å². The Balaban J connectivity index is 2.63. The molecule has 0 saturated heterocycles. The zero-order valence-electron chi connectivity index (χ0n) is 9.62. The highest BCUT2D eigenvalue weighted by Gasteiger charge is 2.09.